The molecule has 1 aromatic heterocycles. The molecule has 18 heavy (non-hydrogen) atoms. The number of rotatable bonds is 3. The topological polar surface area (TPSA) is 83.6 Å². The van der Waals surface area contributed by atoms with Gasteiger partial charge in [0.25, 0.3) is 0 Å². The van der Waals surface area contributed by atoms with E-state index < -0.39 is 0 Å². The van der Waals surface area contributed by atoms with Crippen molar-refractivity contribution in [1.29, 1.82) is 5.26 Å². The molecular weight excluding hydrogens is 230 g/mol. The van der Waals surface area contributed by atoms with Crippen LogP contribution in [-0.2, 0) is 11.3 Å². The molecule has 0 saturated carbocycles. The van der Waals surface area contributed by atoms with Crippen LogP contribution in [0, 0.1) is 18.3 Å². The molecule has 0 fully saturated rings. The lowest BCUT2D eigenvalue weighted by molar-refractivity contribution is -0.117. The number of anilines is 1. The van der Waals surface area contributed by atoms with Crippen molar-refractivity contribution in [3.05, 3.63) is 41.7 Å². The molecular formula is C12H11N5O. The van der Waals surface area contributed by atoms with Gasteiger partial charge >= 0.3 is 0 Å². The van der Waals surface area contributed by atoms with Crippen LogP contribution in [0.25, 0.3) is 0 Å². The molecule has 6 heteroatoms. The molecule has 1 amide bonds. The molecule has 0 bridgehead atoms. The van der Waals surface area contributed by atoms with Crippen LogP contribution in [0.4, 0.5) is 5.69 Å². The van der Waals surface area contributed by atoms with Gasteiger partial charge < -0.3 is 5.32 Å². The lowest BCUT2D eigenvalue weighted by Gasteiger charge is -2.06. The number of aryl methyl sites for hydroxylation is 1. The van der Waals surface area contributed by atoms with Crippen molar-refractivity contribution < 1.29 is 4.79 Å². The Hall–Kier alpha value is -2.68. The number of benzene rings is 1. The van der Waals surface area contributed by atoms with Gasteiger partial charge in [-0.1, -0.05) is 11.3 Å². The van der Waals surface area contributed by atoms with E-state index in [1.54, 1.807) is 30.5 Å². The van der Waals surface area contributed by atoms with Crippen LogP contribution >= 0.6 is 0 Å². The molecule has 2 rings (SSSR count). The molecule has 1 aromatic carbocycles. The maximum absolute atomic E-state index is 11.7. The lowest BCUT2D eigenvalue weighted by atomic mass is 10.2. The summed E-state index contributed by atoms with van der Waals surface area (Å²) in [5.74, 6) is -0.210. The van der Waals surface area contributed by atoms with E-state index in [1.165, 1.54) is 4.68 Å². The molecule has 0 saturated heterocycles. The minimum atomic E-state index is -0.210. The molecule has 1 N–H and O–H groups in total. The summed E-state index contributed by atoms with van der Waals surface area (Å²) in [6.45, 7) is 1.92. The summed E-state index contributed by atoms with van der Waals surface area (Å²) in [6.07, 6.45) is 1.59. The molecule has 2 aromatic rings. The predicted octanol–water partition coefficient (Wildman–Crippen LogP) is 1.10. The number of aromatic nitrogens is 3. The van der Waals surface area contributed by atoms with Gasteiger partial charge in [0.2, 0.25) is 5.91 Å². The van der Waals surface area contributed by atoms with E-state index >= 15 is 0 Å². The second kappa shape index (κ2) is 5.10. The van der Waals surface area contributed by atoms with Crippen molar-refractivity contribution in [3.8, 4) is 6.07 Å². The Morgan fingerprint density at radius 2 is 2.39 bits per heavy atom. The van der Waals surface area contributed by atoms with Crippen LogP contribution in [0.1, 0.15) is 11.3 Å². The lowest BCUT2D eigenvalue weighted by Crippen LogP contribution is -2.20. The van der Waals surface area contributed by atoms with E-state index in [1.807, 2.05) is 13.0 Å². The minimum Gasteiger partial charge on any atom is -0.324 e. The maximum Gasteiger partial charge on any atom is 0.246 e. The van der Waals surface area contributed by atoms with Gasteiger partial charge in [-0.3, -0.25) is 4.79 Å². The number of nitriles is 1. The summed E-state index contributed by atoms with van der Waals surface area (Å²) in [4.78, 5) is 11.7. The smallest absolute Gasteiger partial charge is 0.246 e. The number of nitrogens with zero attached hydrogens (tertiary/aromatic N) is 4. The van der Waals surface area contributed by atoms with E-state index in [2.05, 4.69) is 15.6 Å². The van der Waals surface area contributed by atoms with E-state index in [9.17, 15) is 4.79 Å². The molecule has 0 aliphatic rings. The molecule has 6 nitrogen and oxygen atoms in total. The standard InChI is InChI=1S/C12H11N5O/c1-9-7-14-16-17(9)8-12(18)15-11-4-2-3-10(5-11)6-13/h2-5,7H,8H2,1H3,(H,15,18). The first-order valence-electron chi connectivity index (χ1n) is 5.34. The van der Waals surface area contributed by atoms with Crippen LogP contribution < -0.4 is 5.32 Å². The molecule has 0 radical (unpaired) electrons. The van der Waals surface area contributed by atoms with Gasteiger partial charge in [0.05, 0.1) is 23.5 Å². The van der Waals surface area contributed by atoms with Crippen molar-refractivity contribution in [2.75, 3.05) is 5.32 Å². The first kappa shape index (κ1) is 11.8. The Kier molecular flexibility index (Phi) is 3.34. The zero-order valence-corrected chi connectivity index (χ0v) is 9.79. The second-order valence-corrected chi connectivity index (χ2v) is 3.77. The molecule has 0 spiro atoms. The van der Waals surface area contributed by atoms with E-state index in [0.29, 0.717) is 11.3 Å². The molecule has 90 valence electrons. The summed E-state index contributed by atoms with van der Waals surface area (Å²) < 4.78 is 1.50. The predicted molar refractivity (Wildman–Crippen MR) is 64.5 cm³/mol. The van der Waals surface area contributed by atoms with E-state index in [4.69, 9.17) is 5.26 Å². The number of nitrogens with one attached hydrogen (secondary N) is 1. The summed E-state index contributed by atoms with van der Waals surface area (Å²) in [6, 6.07) is 8.76. The Bertz CT molecular complexity index is 611. The van der Waals surface area contributed by atoms with E-state index in [-0.39, 0.29) is 12.5 Å². The fraction of sp³-hybridized carbons (Fsp3) is 0.167. The van der Waals surface area contributed by atoms with Gasteiger partial charge in [0, 0.05) is 5.69 Å². The molecule has 0 aliphatic heterocycles. The average molecular weight is 241 g/mol. The van der Waals surface area contributed by atoms with Crippen LogP contribution in [0.3, 0.4) is 0 Å². The first-order chi connectivity index (χ1) is 8.69. The summed E-state index contributed by atoms with van der Waals surface area (Å²) in [5, 5.41) is 18.9. The number of hydrogen-bond donors (Lipinski definition) is 1. The fourth-order valence-corrected chi connectivity index (χ4v) is 1.47. The van der Waals surface area contributed by atoms with Gasteiger partial charge in [0.15, 0.2) is 0 Å². The Labute approximate surface area is 104 Å². The Balaban J connectivity index is 2.03. The Morgan fingerprint density at radius 1 is 1.56 bits per heavy atom. The molecule has 0 unspecified atom stereocenters. The van der Waals surface area contributed by atoms with Gasteiger partial charge in [-0.05, 0) is 25.1 Å². The minimum absolute atomic E-state index is 0.0998. The third-order valence-electron chi connectivity index (χ3n) is 2.38. The average Bonchev–Trinajstić information content (AvgIpc) is 2.75. The van der Waals surface area contributed by atoms with Gasteiger partial charge in [-0.2, -0.15) is 5.26 Å². The van der Waals surface area contributed by atoms with Crippen molar-refractivity contribution in [1.82, 2.24) is 15.0 Å². The van der Waals surface area contributed by atoms with Crippen molar-refractivity contribution in [3.63, 3.8) is 0 Å². The summed E-state index contributed by atoms with van der Waals surface area (Å²) in [7, 11) is 0. The quantitative estimate of drug-likeness (QED) is 0.872. The number of amides is 1. The highest BCUT2D eigenvalue weighted by Gasteiger charge is 2.06. The third kappa shape index (κ3) is 2.71. The third-order valence-corrected chi connectivity index (χ3v) is 2.38. The SMILES string of the molecule is Cc1cnnn1CC(=O)Nc1cccc(C#N)c1. The highest BCUT2D eigenvalue weighted by Crippen LogP contribution is 2.09. The van der Waals surface area contributed by atoms with Gasteiger partial charge in [0.1, 0.15) is 6.54 Å². The zero-order valence-electron chi connectivity index (χ0n) is 9.79. The first-order valence-corrected chi connectivity index (χ1v) is 5.34. The number of carbonyl (C=O) groups is 1. The molecule has 0 aliphatic carbocycles. The zero-order chi connectivity index (χ0) is 13.0. The fourth-order valence-electron chi connectivity index (χ4n) is 1.47. The largest absolute Gasteiger partial charge is 0.324 e. The number of hydrogen-bond acceptors (Lipinski definition) is 4. The maximum atomic E-state index is 11.7. The molecule has 1 heterocycles. The second-order valence-electron chi connectivity index (χ2n) is 3.77. The number of carbonyl (C=O) groups excluding carboxylic acids is 1. The van der Waals surface area contributed by atoms with Crippen molar-refractivity contribution in [2.24, 2.45) is 0 Å². The summed E-state index contributed by atoms with van der Waals surface area (Å²) >= 11 is 0. The Morgan fingerprint density at radius 3 is 3.06 bits per heavy atom. The van der Waals surface area contributed by atoms with E-state index in [0.717, 1.165) is 5.69 Å². The van der Waals surface area contributed by atoms with Crippen molar-refractivity contribution in [2.45, 2.75) is 13.5 Å². The molecule has 0 atom stereocenters. The van der Waals surface area contributed by atoms with Gasteiger partial charge in [-0.25, -0.2) is 4.68 Å². The van der Waals surface area contributed by atoms with Crippen molar-refractivity contribution >= 4 is 11.6 Å². The van der Waals surface area contributed by atoms with Crippen LogP contribution in [0.2, 0.25) is 0 Å². The highest BCUT2D eigenvalue weighted by molar-refractivity contribution is 5.90. The monoisotopic (exact) mass is 241 g/mol. The highest BCUT2D eigenvalue weighted by atomic mass is 16.2. The normalized spacial score (nSPS) is 9.78. The van der Waals surface area contributed by atoms with Crippen LogP contribution in [-0.4, -0.2) is 20.9 Å². The summed E-state index contributed by atoms with van der Waals surface area (Å²) in [5.41, 5.74) is 1.91. The van der Waals surface area contributed by atoms with Gasteiger partial charge in [-0.15, -0.1) is 5.10 Å². The van der Waals surface area contributed by atoms with Crippen LogP contribution in [0.5, 0.6) is 0 Å². The van der Waals surface area contributed by atoms with Crippen LogP contribution in [0.15, 0.2) is 30.5 Å².